The number of nitrogens with one attached hydrogen (secondary N) is 1. The van der Waals surface area contributed by atoms with Gasteiger partial charge < -0.3 is 19.9 Å². The van der Waals surface area contributed by atoms with Crippen LogP contribution < -0.4 is 10.1 Å². The zero-order valence-electron chi connectivity index (χ0n) is 18.5. The van der Waals surface area contributed by atoms with E-state index in [2.05, 4.69) is 5.32 Å². The summed E-state index contributed by atoms with van der Waals surface area (Å²) in [6.07, 6.45) is 0. The SMILES string of the molecule is COc1cccc(C(=O)N2CCN(C(=O)C(NC(=O)c3ccccc3Cl)C(C)C)CC2)c1. The van der Waals surface area contributed by atoms with Gasteiger partial charge in [-0.25, -0.2) is 0 Å². The molecular formula is C24H28ClN3O4. The molecule has 0 saturated carbocycles. The van der Waals surface area contributed by atoms with Crippen LogP contribution in [0.3, 0.4) is 0 Å². The third kappa shape index (κ3) is 5.40. The Hall–Kier alpha value is -3.06. The number of hydrogen-bond donors (Lipinski definition) is 1. The summed E-state index contributed by atoms with van der Waals surface area (Å²) in [5.41, 5.74) is 0.887. The first-order valence-corrected chi connectivity index (χ1v) is 11.0. The number of amides is 3. The topological polar surface area (TPSA) is 79.0 Å². The summed E-state index contributed by atoms with van der Waals surface area (Å²) in [6, 6.07) is 13.1. The zero-order valence-corrected chi connectivity index (χ0v) is 19.3. The highest BCUT2D eigenvalue weighted by molar-refractivity contribution is 6.33. The van der Waals surface area contributed by atoms with E-state index in [1.807, 2.05) is 13.8 Å². The van der Waals surface area contributed by atoms with Crippen molar-refractivity contribution in [3.05, 3.63) is 64.7 Å². The summed E-state index contributed by atoms with van der Waals surface area (Å²) in [4.78, 5) is 42.1. The Labute approximate surface area is 193 Å². The standard InChI is InChI=1S/C24H28ClN3O4/c1-16(2)21(26-22(29)19-9-4-5-10-20(19)25)24(31)28-13-11-27(12-14-28)23(30)17-7-6-8-18(15-17)32-3/h4-10,15-16,21H,11-14H2,1-3H3,(H,26,29). The van der Waals surface area contributed by atoms with Gasteiger partial charge in [0.05, 0.1) is 17.7 Å². The molecule has 1 N–H and O–H groups in total. The Morgan fingerprint density at radius 2 is 1.62 bits per heavy atom. The molecule has 0 spiro atoms. The lowest BCUT2D eigenvalue weighted by molar-refractivity contribution is -0.135. The minimum Gasteiger partial charge on any atom is -0.497 e. The molecule has 3 amide bonds. The zero-order chi connectivity index (χ0) is 23.3. The van der Waals surface area contributed by atoms with Crippen LogP contribution in [0.5, 0.6) is 5.75 Å². The van der Waals surface area contributed by atoms with Gasteiger partial charge in [0, 0.05) is 31.7 Å². The van der Waals surface area contributed by atoms with E-state index >= 15 is 0 Å². The molecule has 1 atom stereocenters. The van der Waals surface area contributed by atoms with Gasteiger partial charge in [-0.15, -0.1) is 0 Å². The predicted molar refractivity (Wildman–Crippen MR) is 123 cm³/mol. The van der Waals surface area contributed by atoms with E-state index in [9.17, 15) is 14.4 Å². The van der Waals surface area contributed by atoms with Crippen LogP contribution in [0.1, 0.15) is 34.6 Å². The van der Waals surface area contributed by atoms with E-state index in [0.717, 1.165) is 0 Å². The number of methoxy groups -OCH3 is 1. The molecule has 0 bridgehead atoms. The Morgan fingerprint density at radius 3 is 2.25 bits per heavy atom. The molecular weight excluding hydrogens is 430 g/mol. The van der Waals surface area contributed by atoms with Crippen molar-refractivity contribution < 1.29 is 19.1 Å². The minimum atomic E-state index is -0.681. The van der Waals surface area contributed by atoms with E-state index in [4.69, 9.17) is 16.3 Å². The molecule has 1 saturated heterocycles. The number of rotatable bonds is 6. The molecule has 0 aromatic heterocycles. The molecule has 2 aromatic rings. The number of carbonyl (C=O) groups excluding carboxylic acids is 3. The number of nitrogens with zero attached hydrogens (tertiary/aromatic N) is 2. The van der Waals surface area contributed by atoms with Gasteiger partial charge in [-0.3, -0.25) is 14.4 Å². The van der Waals surface area contributed by atoms with E-state index in [0.29, 0.717) is 48.1 Å². The fourth-order valence-corrected chi connectivity index (χ4v) is 3.86. The first kappa shape index (κ1) is 23.6. The van der Waals surface area contributed by atoms with E-state index in [1.54, 1.807) is 65.4 Å². The first-order chi connectivity index (χ1) is 15.3. The summed E-state index contributed by atoms with van der Waals surface area (Å²) in [5, 5.41) is 3.17. The molecule has 32 heavy (non-hydrogen) atoms. The van der Waals surface area contributed by atoms with Crippen molar-refractivity contribution in [1.29, 1.82) is 0 Å². The van der Waals surface area contributed by atoms with Crippen molar-refractivity contribution in [3.8, 4) is 5.75 Å². The molecule has 1 heterocycles. The Morgan fingerprint density at radius 1 is 0.969 bits per heavy atom. The number of benzene rings is 2. The molecule has 0 aliphatic carbocycles. The molecule has 1 aliphatic rings. The van der Waals surface area contributed by atoms with Crippen molar-refractivity contribution in [1.82, 2.24) is 15.1 Å². The number of hydrogen-bond acceptors (Lipinski definition) is 4. The maximum atomic E-state index is 13.2. The fraction of sp³-hybridized carbons (Fsp3) is 0.375. The van der Waals surface area contributed by atoms with Crippen LogP contribution in [0, 0.1) is 5.92 Å². The maximum absolute atomic E-state index is 13.2. The van der Waals surface area contributed by atoms with Gasteiger partial charge in [0.1, 0.15) is 11.8 Å². The summed E-state index contributed by atoms with van der Waals surface area (Å²) in [6.45, 7) is 5.42. The molecule has 1 fully saturated rings. The second kappa shape index (κ2) is 10.5. The van der Waals surface area contributed by atoms with Crippen LogP contribution in [0.2, 0.25) is 5.02 Å². The molecule has 1 aliphatic heterocycles. The number of carbonyl (C=O) groups is 3. The fourth-order valence-electron chi connectivity index (χ4n) is 3.64. The highest BCUT2D eigenvalue weighted by Crippen LogP contribution is 2.18. The Kier molecular flexibility index (Phi) is 7.75. The van der Waals surface area contributed by atoms with Gasteiger partial charge in [0.25, 0.3) is 11.8 Å². The molecule has 3 rings (SSSR count). The van der Waals surface area contributed by atoms with Gasteiger partial charge in [-0.2, -0.15) is 0 Å². The normalized spacial score (nSPS) is 14.8. The molecule has 8 heteroatoms. The van der Waals surface area contributed by atoms with E-state index < -0.39 is 6.04 Å². The van der Waals surface area contributed by atoms with Crippen molar-refractivity contribution in [3.63, 3.8) is 0 Å². The maximum Gasteiger partial charge on any atom is 0.254 e. The molecule has 0 radical (unpaired) electrons. The highest BCUT2D eigenvalue weighted by Gasteiger charge is 2.32. The molecule has 1 unspecified atom stereocenters. The van der Waals surface area contributed by atoms with Crippen molar-refractivity contribution in [2.75, 3.05) is 33.3 Å². The smallest absolute Gasteiger partial charge is 0.254 e. The number of piperazine rings is 1. The molecule has 2 aromatic carbocycles. The first-order valence-electron chi connectivity index (χ1n) is 10.6. The highest BCUT2D eigenvalue weighted by atomic mass is 35.5. The van der Waals surface area contributed by atoms with Crippen molar-refractivity contribution >= 4 is 29.3 Å². The summed E-state index contributed by atoms with van der Waals surface area (Å²) in [7, 11) is 1.56. The summed E-state index contributed by atoms with van der Waals surface area (Å²) < 4.78 is 5.19. The van der Waals surface area contributed by atoms with Crippen LogP contribution in [0.25, 0.3) is 0 Å². The number of halogens is 1. The van der Waals surface area contributed by atoms with Crippen LogP contribution in [-0.2, 0) is 4.79 Å². The summed E-state index contributed by atoms with van der Waals surface area (Å²) in [5.74, 6) is -0.115. The number of ether oxygens (including phenoxy) is 1. The lowest BCUT2D eigenvalue weighted by Crippen LogP contribution is -2.57. The van der Waals surface area contributed by atoms with Crippen molar-refractivity contribution in [2.45, 2.75) is 19.9 Å². The third-order valence-corrected chi connectivity index (χ3v) is 5.86. The Balaban J connectivity index is 1.62. The lowest BCUT2D eigenvalue weighted by Gasteiger charge is -2.37. The van der Waals surface area contributed by atoms with Gasteiger partial charge >= 0.3 is 0 Å². The largest absolute Gasteiger partial charge is 0.497 e. The Bertz CT molecular complexity index is 987. The van der Waals surface area contributed by atoms with E-state index in [-0.39, 0.29) is 23.6 Å². The molecule has 170 valence electrons. The van der Waals surface area contributed by atoms with Gasteiger partial charge in [0.2, 0.25) is 5.91 Å². The van der Waals surface area contributed by atoms with Gasteiger partial charge in [-0.05, 0) is 36.2 Å². The van der Waals surface area contributed by atoms with Crippen LogP contribution in [0.15, 0.2) is 48.5 Å². The summed E-state index contributed by atoms with van der Waals surface area (Å²) >= 11 is 6.12. The van der Waals surface area contributed by atoms with Crippen molar-refractivity contribution in [2.24, 2.45) is 5.92 Å². The molecule has 7 nitrogen and oxygen atoms in total. The average molecular weight is 458 g/mol. The van der Waals surface area contributed by atoms with Crippen LogP contribution in [0.4, 0.5) is 0 Å². The second-order valence-electron chi connectivity index (χ2n) is 8.02. The van der Waals surface area contributed by atoms with Gasteiger partial charge in [-0.1, -0.05) is 43.6 Å². The van der Waals surface area contributed by atoms with Crippen LogP contribution in [-0.4, -0.2) is 66.9 Å². The van der Waals surface area contributed by atoms with Gasteiger partial charge in [0.15, 0.2) is 0 Å². The third-order valence-electron chi connectivity index (χ3n) is 5.53. The monoisotopic (exact) mass is 457 g/mol. The predicted octanol–water partition coefficient (Wildman–Crippen LogP) is 3.09. The minimum absolute atomic E-state index is 0.0940. The van der Waals surface area contributed by atoms with E-state index in [1.165, 1.54) is 0 Å². The lowest BCUT2D eigenvalue weighted by atomic mass is 10.0. The quantitative estimate of drug-likeness (QED) is 0.723. The van der Waals surface area contributed by atoms with Crippen LogP contribution >= 0.6 is 11.6 Å². The second-order valence-corrected chi connectivity index (χ2v) is 8.43. The average Bonchev–Trinajstić information content (AvgIpc) is 2.81.